The lowest BCUT2D eigenvalue weighted by Gasteiger charge is -2.24. The van der Waals surface area contributed by atoms with Gasteiger partial charge in [0.25, 0.3) is 22.9 Å². The van der Waals surface area contributed by atoms with Gasteiger partial charge in [0, 0.05) is 34.3 Å². The van der Waals surface area contributed by atoms with Gasteiger partial charge in [-0.3, -0.25) is 28.6 Å². The van der Waals surface area contributed by atoms with Crippen LogP contribution in [0.25, 0.3) is 32.3 Å². The fourth-order valence-corrected chi connectivity index (χ4v) is 4.92. The topological polar surface area (TPSA) is 76.5 Å². The number of amides is 2. The molecule has 0 bridgehead atoms. The molecule has 6 rings (SSSR count). The van der Waals surface area contributed by atoms with Crippen LogP contribution in [0.5, 0.6) is 0 Å². The van der Waals surface area contributed by atoms with Crippen molar-refractivity contribution in [3.8, 4) is 0 Å². The van der Waals surface area contributed by atoms with Crippen molar-refractivity contribution in [3.63, 3.8) is 0 Å². The molecule has 0 spiro atoms. The fourth-order valence-electron chi connectivity index (χ4n) is 4.92. The van der Waals surface area contributed by atoms with Crippen LogP contribution in [0.4, 0.5) is 0 Å². The Kier molecular flexibility index (Phi) is 4.26. The minimum absolute atomic E-state index is 0.0127. The molecule has 6 heteroatoms. The maximum Gasteiger partial charge on any atom is 0.261 e. The van der Waals surface area contributed by atoms with E-state index in [1.54, 1.807) is 48.5 Å². The summed E-state index contributed by atoms with van der Waals surface area (Å²) in [7, 11) is 1.46. The number of hydrogen-bond acceptors (Lipinski definition) is 4. The normalized spacial score (nSPS) is 13.3. The Balaban J connectivity index is 1.67. The number of benzene rings is 4. The monoisotopic (exact) mass is 446 g/mol. The van der Waals surface area contributed by atoms with E-state index in [9.17, 15) is 19.2 Å². The van der Waals surface area contributed by atoms with Gasteiger partial charge in [-0.15, -0.1) is 0 Å². The van der Waals surface area contributed by atoms with Gasteiger partial charge in [0.1, 0.15) is 0 Å². The van der Waals surface area contributed by atoms with Gasteiger partial charge in [0.2, 0.25) is 0 Å². The van der Waals surface area contributed by atoms with Crippen molar-refractivity contribution >= 4 is 44.1 Å². The van der Waals surface area contributed by atoms with Gasteiger partial charge in [0.15, 0.2) is 0 Å². The van der Waals surface area contributed by atoms with E-state index in [4.69, 9.17) is 0 Å². The molecule has 1 aromatic heterocycles. The maximum atomic E-state index is 13.6. The molecule has 2 heterocycles. The molecule has 0 atom stereocenters. The molecule has 1 aliphatic heterocycles. The summed E-state index contributed by atoms with van der Waals surface area (Å²) in [4.78, 5) is 53.7. The maximum absolute atomic E-state index is 13.6. The molecule has 34 heavy (non-hydrogen) atoms. The van der Waals surface area contributed by atoms with E-state index in [2.05, 4.69) is 0 Å². The summed E-state index contributed by atoms with van der Waals surface area (Å²) in [6, 6.07) is 23.1. The van der Waals surface area contributed by atoms with Crippen molar-refractivity contribution in [1.82, 2.24) is 9.47 Å². The van der Waals surface area contributed by atoms with Gasteiger partial charge in [-0.25, -0.2) is 0 Å². The second-order valence-electron chi connectivity index (χ2n) is 8.46. The Morgan fingerprint density at radius 3 is 1.65 bits per heavy atom. The SMILES string of the molecule is CN1C(=O)c2cccc3c(Cn4c(=O)c5ccccc5c5ccccc5c4=O)ccc(c23)C1=O. The minimum atomic E-state index is -0.385. The zero-order valence-electron chi connectivity index (χ0n) is 18.2. The number of aromatic nitrogens is 1. The third-order valence-electron chi connectivity index (χ3n) is 6.62. The molecule has 164 valence electrons. The zero-order valence-corrected chi connectivity index (χ0v) is 18.2. The van der Waals surface area contributed by atoms with Crippen LogP contribution in [0.3, 0.4) is 0 Å². The highest BCUT2D eigenvalue weighted by Gasteiger charge is 2.30. The van der Waals surface area contributed by atoms with Crippen LogP contribution in [-0.4, -0.2) is 28.3 Å². The van der Waals surface area contributed by atoms with E-state index in [1.807, 2.05) is 30.3 Å². The molecule has 6 nitrogen and oxygen atoms in total. The van der Waals surface area contributed by atoms with Gasteiger partial charge >= 0.3 is 0 Å². The standard InChI is InChI=1S/C28H18N2O4/c1-29-25(31)22-12-6-11-17-16(13-14-23(24(17)22)26(29)32)15-30-27(33)20-9-4-2-7-18(20)19-8-3-5-10-21(19)28(30)34/h2-14H,15H2,1H3. The molecule has 0 fully saturated rings. The number of fused-ring (bicyclic) bond motifs is 3. The van der Waals surface area contributed by atoms with Crippen molar-refractivity contribution in [1.29, 1.82) is 0 Å². The first-order valence-electron chi connectivity index (χ1n) is 10.9. The molecule has 5 aromatic rings. The van der Waals surface area contributed by atoms with E-state index >= 15 is 0 Å². The second kappa shape index (κ2) is 7.22. The quantitative estimate of drug-likeness (QED) is 0.385. The van der Waals surface area contributed by atoms with Crippen LogP contribution < -0.4 is 11.1 Å². The molecule has 0 aliphatic carbocycles. The summed E-state index contributed by atoms with van der Waals surface area (Å²) < 4.78 is 1.24. The molecule has 4 aromatic carbocycles. The molecule has 1 aliphatic rings. The van der Waals surface area contributed by atoms with E-state index in [0.717, 1.165) is 15.7 Å². The Labute approximate surface area is 193 Å². The largest absolute Gasteiger partial charge is 0.277 e. The lowest BCUT2D eigenvalue weighted by atomic mass is 9.91. The van der Waals surface area contributed by atoms with E-state index < -0.39 is 0 Å². The number of hydrogen-bond donors (Lipinski definition) is 0. The summed E-state index contributed by atoms with van der Waals surface area (Å²) in [5, 5.41) is 3.58. The number of carbonyl (C=O) groups excluding carboxylic acids is 2. The van der Waals surface area contributed by atoms with E-state index in [-0.39, 0.29) is 29.5 Å². The number of nitrogens with zero attached hydrogens (tertiary/aromatic N) is 2. The predicted molar refractivity (Wildman–Crippen MR) is 131 cm³/mol. The van der Waals surface area contributed by atoms with Crippen LogP contribution in [0.2, 0.25) is 0 Å². The molecular formula is C28H18N2O4. The van der Waals surface area contributed by atoms with Gasteiger partial charge in [-0.1, -0.05) is 54.6 Å². The van der Waals surface area contributed by atoms with Gasteiger partial charge in [-0.05, 0) is 46.0 Å². The summed E-state index contributed by atoms with van der Waals surface area (Å²) >= 11 is 0. The summed E-state index contributed by atoms with van der Waals surface area (Å²) in [5.74, 6) is -0.741. The van der Waals surface area contributed by atoms with Gasteiger partial charge in [-0.2, -0.15) is 0 Å². The van der Waals surface area contributed by atoms with Crippen LogP contribution in [0.1, 0.15) is 26.3 Å². The molecular weight excluding hydrogens is 428 g/mol. The van der Waals surface area contributed by atoms with Crippen LogP contribution in [0, 0.1) is 0 Å². The first kappa shape index (κ1) is 20.1. The highest BCUT2D eigenvalue weighted by Crippen LogP contribution is 2.32. The molecule has 0 unspecified atom stereocenters. The lowest BCUT2D eigenvalue weighted by Crippen LogP contribution is -2.37. The van der Waals surface area contributed by atoms with E-state index in [1.165, 1.54) is 11.6 Å². The molecule has 0 saturated heterocycles. The molecule has 2 amide bonds. The molecule has 0 saturated carbocycles. The van der Waals surface area contributed by atoms with Crippen molar-refractivity contribution in [2.75, 3.05) is 7.05 Å². The summed E-state index contributed by atoms with van der Waals surface area (Å²) in [5.41, 5.74) is 0.777. The minimum Gasteiger partial charge on any atom is -0.277 e. The Bertz CT molecular complexity index is 1740. The Hall–Kier alpha value is -4.58. The fraction of sp³-hybridized carbons (Fsp3) is 0.0714. The number of carbonyl (C=O) groups is 2. The van der Waals surface area contributed by atoms with Crippen molar-refractivity contribution < 1.29 is 9.59 Å². The third-order valence-corrected chi connectivity index (χ3v) is 6.62. The third kappa shape index (κ3) is 2.69. The summed E-state index contributed by atoms with van der Waals surface area (Å²) in [6.07, 6.45) is 0. The second-order valence-corrected chi connectivity index (χ2v) is 8.46. The predicted octanol–water partition coefficient (Wildman–Crippen LogP) is 3.94. The van der Waals surface area contributed by atoms with Crippen molar-refractivity contribution in [2.24, 2.45) is 0 Å². The number of rotatable bonds is 2. The first-order valence-corrected chi connectivity index (χ1v) is 10.9. The zero-order chi connectivity index (χ0) is 23.6. The summed E-state index contributed by atoms with van der Waals surface area (Å²) in [6.45, 7) is 0.0127. The van der Waals surface area contributed by atoms with Crippen molar-refractivity contribution in [3.05, 3.63) is 116 Å². The molecule has 0 N–H and O–H groups in total. The van der Waals surface area contributed by atoms with Crippen LogP contribution in [-0.2, 0) is 6.54 Å². The van der Waals surface area contributed by atoms with Gasteiger partial charge < -0.3 is 0 Å². The average molecular weight is 446 g/mol. The highest BCUT2D eigenvalue weighted by molar-refractivity contribution is 6.25. The van der Waals surface area contributed by atoms with E-state index in [0.29, 0.717) is 38.2 Å². The van der Waals surface area contributed by atoms with Crippen LogP contribution >= 0.6 is 0 Å². The lowest BCUT2D eigenvalue weighted by molar-refractivity contribution is 0.0650. The molecule has 0 radical (unpaired) electrons. The van der Waals surface area contributed by atoms with Crippen LogP contribution in [0.15, 0.2) is 88.5 Å². The Morgan fingerprint density at radius 1 is 0.559 bits per heavy atom. The average Bonchev–Trinajstić information content (AvgIpc) is 2.96. The first-order chi connectivity index (χ1) is 16.5. The van der Waals surface area contributed by atoms with Gasteiger partial charge in [0.05, 0.1) is 6.54 Å². The van der Waals surface area contributed by atoms with Crippen molar-refractivity contribution in [2.45, 2.75) is 6.54 Å². The smallest absolute Gasteiger partial charge is 0.261 e. The Morgan fingerprint density at radius 2 is 1.06 bits per heavy atom. The number of imide groups is 1. The highest BCUT2D eigenvalue weighted by atomic mass is 16.2.